The molecule has 0 saturated carbocycles. The molecule has 1 amide bonds. The van der Waals surface area contributed by atoms with Crippen molar-refractivity contribution >= 4 is 27.7 Å². The van der Waals surface area contributed by atoms with E-state index in [1.54, 1.807) is 11.0 Å². The molecule has 1 aliphatic rings. The van der Waals surface area contributed by atoms with Gasteiger partial charge in [-0.05, 0) is 57.7 Å². The first-order valence-corrected chi connectivity index (χ1v) is 8.99. The second kappa shape index (κ2) is 7.89. The Morgan fingerprint density at radius 3 is 2.92 bits per heavy atom. The SMILES string of the molecule is CC(C)(C)OC(=O)N1CCCC(CNc2cc(Br)ccc2C#N)C1. The molecule has 0 aliphatic carbocycles. The summed E-state index contributed by atoms with van der Waals surface area (Å²) in [6.07, 6.45) is 1.78. The van der Waals surface area contributed by atoms with Crippen LogP contribution in [0.2, 0.25) is 0 Å². The lowest BCUT2D eigenvalue weighted by molar-refractivity contribution is 0.0172. The van der Waals surface area contributed by atoms with E-state index >= 15 is 0 Å². The number of likely N-dealkylation sites (tertiary alicyclic amines) is 1. The van der Waals surface area contributed by atoms with Crippen LogP contribution in [-0.2, 0) is 4.74 Å². The van der Waals surface area contributed by atoms with Gasteiger partial charge in [0.15, 0.2) is 0 Å². The summed E-state index contributed by atoms with van der Waals surface area (Å²) in [5, 5.41) is 12.5. The molecule has 6 heteroatoms. The molecule has 1 saturated heterocycles. The van der Waals surface area contributed by atoms with E-state index in [0.29, 0.717) is 18.0 Å². The molecule has 2 rings (SSSR count). The Bertz CT molecular complexity index is 634. The van der Waals surface area contributed by atoms with E-state index in [0.717, 1.165) is 36.1 Å². The number of anilines is 1. The summed E-state index contributed by atoms with van der Waals surface area (Å²) in [6, 6.07) is 7.75. The highest BCUT2D eigenvalue weighted by atomic mass is 79.9. The molecule has 1 aromatic carbocycles. The number of hydrogen-bond donors (Lipinski definition) is 1. The van der Waals surface area contributed by atoms with Gasteiger partial charge in [0.1, 0.15) is 11.7 Å². The zero-order valence-corrected chi connectivity index (χ0v) is 16.0. The highest BCUT2D eigenvalue weighted by Crippen LogP contribution is 2.23. The summed E-state index contributed by atoms with van der Waals surface area (Å²) < 4.78 is 6.39. The highest BCUT2D eigenvalue weighted by Gasteiger charge is 2.27. The third-order valence-electron chi connectivity index (χ3n) is 3.85. The number of amides is 1. The molecule has 1 fully saturated rings. The highest BCUT2D eigenvalue weighted by molar-refractivity contribution is 9.10. The van der Waals surface area contributed by atoms with Crippen molar-refractivity contribution in [2.24, 2.45) is 5.92 Å². The van der Waals surface area contributed by atoms with E-state index in [-0.39, 0.29) is 6.09 Å². The lowest BCUT2D eigenvalue weighted by Gasteiger charge is -2.34. The molecule has 1 atom stereocenters. The minimum atomic E-state index is -0.472. The smallest absolute Gasteiger partial charge is 0.410 e. The summed E-state index contributed by atoms with van der Waals surface area (Å²) in [7, 11) is 0. The van der Waals surface area contributed by atoms with Gasteiger partial charge in [-0.15, -0.1) is 0 Å². The van der Waals surface area contributed by atoms with Gasteiger partial charge < -0.3 is 15.0 Å². The molecule has 130 valence electrons. The van der Waals surface area contributed by atoms with Crippen LogP contribution in [0.4, 0.5) is 10.5 Å². The summed E-state index contributed by atoms with van der Waals surface area (Å²) in [5.74, 6) is 0.344. The maximum absolute atomic E-state index is 12.2. The second-order valence-corrected chi connectivity index (χ2v) is 8.03. The van der Waals surface area contributed by atoms with E-state index in [9.17, 15) is 10.1 Å². The molecule has 1 unspecified atom stereocenters. The van der Waals surface area contributed by atoms with E-state index in [4.69, 9.17) is 4.74 Å². The topological polar surface area (TPSA) is 65.4 Å². The standard InChI is InChI=1S/C18H24BrN3O2/c1-18(2,3)24-17(23)22-8-4-5-13(12-22)11-21-16-9-15(19)7-6-14(16)10-20/h6-7,9,13,21H,4-5,8,11-12H2,1-3H3. The molecule has 0 aromatic heterocycles. The number of ether oxygens (including phenoxy) is 1. The number of benzene rings is 1. The fraction of sp³-hybridized carbons (Fsp3) is 0.556. The van der Waals surface area contributed by atoms with Crippen molar-refractivity contribution in [3.05, 3.63) is 28.2 Å². The van der Waals surface area contributed by atoms with Crippen molar-refractivity contribution in [3.63, 3.8) is 0 Å². The Morgan fingerprint density at radius 2 is 2.25 bits per heavy atom. The second-order valence-electron chi connectivity index (χ2n) is 7.12. The van der Waals surface area contributed by atoms with Crippen molar-refractivity contribution < 1.29 is 9.53 Å². The summed E-state index contributed by atoms with van der Waals surface area (Å²) in [6.45, 7) is 7.79. The Kier molecular flexibility index (Phi) is 6.11. The number of rotatable bonds is 3. The third kappa shape index (κ3) is 5.41. The summed E-state index contributed by atoms with van der Waals surface area (Å²) in [5.41, 5.74) is 0.972. The maximum atomic E-state index is 12.2. The summed E-state index contributed by atoms with van der Waals surface area (Å²) >= 11 is 3.43. The molecule has 1 aliphatic heterocycles. The molecule has 0 radical (unpaired) electrons. The van der Waals surface area contributed by atoms with Crippen LogP contribution in [0.25, 0.3) is 0 Å². The zero-order valence-electron chi connectivity index (χ0n) is 14.4. The lowest BCUT2D eigenvalue weighted by Crippen LogP contribution is -2.44. The van der Waals surface area contributed by atoms with Crippen LogP contribution >= 0.6 is 15.9 Å². The van der Waals surface area contributed by atoms with E-state index in [1.165, 1.54) is 0 Å². The first-order chi connectivity index (χ1) is 11.3. The van der Waals surface area contributed by atoms with Gasteiger partial charge in [0.2, 0.25) is 0 Å². The monoisotopic (exact) mass is 393 g/mol. The van der Waals surface area contributed by atoms with E-state index < -0.39 is 5.60 Å². The molecular weight excluding hydrogens is 370 g/mol. The number of nitriles is 1. The lowest BCUT2D eigenvalue weighted by atomic mass is 9.98. The van der Waals surface area contributed by atoms with Gasteiger partial charge in [-0.2, -0.15) is 5.26 Å². The third-order valence-corrected chi connectivity index (χ3v) is 4.35. The predicted molar refractivity (Wildman–Crippen MR) is 97.9 cm³/mol. The average Bonchev–Trinajstić information content (AvgIpc) is 2.52. The minimum Gasteiger partial charge on any atom is -0.444 e. The van der Waals surface area contributed by atoms with Crippen molar-refractivity contribution in [1.29, 1.82) is 5.26 Å². The Balaban J connectivity index is 1.93. The molecule has 1 heterocycles. The minimum absolute atomic E-state index is 0.243. The fourth-order valence-electron chi connectivity index (χ4n) is 2.74. The fourth-order valence-corrected chi connectivity index (χ4v) is 3.10. The Hall–Kier alpha value is -1.74. The molecular formula is C18H24BrN3O2. The van der Waals surface area contributed by atoms with Gasteiger partial charge in [0.05, 0.1) is 11.3 Å². The van der Waals surface area contributed by atoms with Crippen molar-refractivity contribution in [3.8, 4) is 6.07 Å². The number of halogens is 1. The van der Waals surface area contributed by atoms with Crippen LogP contribution in [0.15, 0.2) is 22.7 Å². The molecule has 0 bridgehead atoms. The number of nitrogens with one attached hydrogen (secondary N) is 1. The van der Waals surface area contributed by atoms with Gasteiger partial charge >= 0.3 is 6.09 Å². The van der Waals surface area contributed by atoms with Crippen molar-refractivity contribution in [1.82, 2.24) is 4.90 Å². The van der Waals surface area contributed by atoms with Gasteiger partial charge in [0, 0.05) is 24.1 Å². The van der Waals surface area contributed by atoms with Crippen LogP contribution in [0.1, 0.15) is 39.2 Å². The molecule has 1 N–H and O–H groups in total. The quantitative estimate of drug-likeness (QED) is 0.827. The van der Waals surface area contributed by atoms with Crippen LogP contribution < -0.4 is 5.32 Å². The van der Waals surface area contributed by atoms with Crippen LogP contribution in [0, 0.1) is 17.2 Å². The predicted octanol–water partition coefficient (Wildman–Crippen LogP) is 4.38. The number of nitrogens with zero attached hydrogens (tertiary/aromatic N) is 2. The number of piperidine rings is 1. The number of hydrogen-bond acceptors (Lipinski definition) is 4. The number of carbonyl (C=O) groups excluding carboxylic acids is 1. The van der Waals surface area contributed by atoms with Gasteiger partial charge in [-0.25, -0.2) is 4.79 Å². The molecule has 1 aromatic rings. The average molecular weight is 394 g/mol. The van der Waals surface area contributed by atoms with Crippen LogP contribution in [0.5, 0.6) is 0 Å². The van der Waals surface area contributed by atoms with E-state index in [2.05, 4.69) is 27.3 Å². The van der Waals surface area contributed by atoms with Gasteiger partial charge in [-0.3, -0.25) is 0 Å². The Morgan fingerprint density at radius 1 is 1.50 bits per heavy atom. The van der Waals surface area contributed by atoms with Gasteiger partial charge in [-0.1, -0.05) is 15.9 Å². The van der Waals surface area contributed by atoms with Crippen LogP contribution in [-0.4, -0.2) is 36.2 Å². The maximum Gasteiger partial charge on any atom is 0.410 e. The first-order valence-electron chi connectivity index (χ1n) is 8.20. The van der Waals surface area contributed by atoms with Crippen LogP contribution in [0.3, 0.4) is 0 Å². The summed E-state index contributed by atoms with van der Waals surface area (Å²) in [4.78, 5) is 14.0. The molecule has 24 heavy (non-hydrogen) atoms. The van der Waals surface area contributed by atoms with Gasteiger partial charge in [0.25, 0.3) is 0 Å². The van der Waals surface area contributed by atoms with E-state index in [1.807, 2.05) is 32.9 Å². The molecule has 5 nitrogen and oxygen atoms in total. The largest absolute Gasteiger partial charge is 0.444 e. The zero-order chi connectivity index (χ0) is 17.7. The Labute approximate surface area is 152 Å². The normalized spacial score (nSPS) is 18.0. The van der Waals surface area contributed by atoms with Crippen molar-refractivity contribution in [2.45, 2.75) is 39.2 Å². The number of carbonyl (C=O) groups is 1. The molecule has 0 spiro atoms. The first kappa shape index (κ1) is 18.6. The van der Waals surface area contributed by atoms with Crippen molar-refractivity contribution in [2.75, 3.05) is 25.0 Å².